The summed E-state index contributed by atoms with van der Waals surface area (Å²) < 4.78 is 0. The van der Waals surface area contributed by atoms with E-state index in [0.29, 0.717) is 0 Å². The molecule has 2 aromatic carbocycles. The van der Waals surface area contributed by atoms with Gasteiger partial charge >= 0.3 is 6.03 Å². The molecule has 0 bridgehead atoms. The van der Waals surface area contributed by atoms with Crippen LogP contribution in [0.25, 0.3) is 0 Å². The lowest BCUT2D eigenvalue weighted by Crippen LogP contribution is -2.34. The molecule has 1 unspecified atom stereocenters. The third-order valence-corrected chi connectivity index (χ3v) is 4.67. The van der Waals surface area contributed by atoms with Crippen LogP contribution in [0.4, 0.5) is 10.5 Å². The Bertz CT molecular complexity index is 678. The number of nitrogens with one attached hydrogen (secondary N) is 1. The van der Waals surface area contributed by atoms with Crippen LogP contribution >= 0.6 is 0 Å². The summed E-state index contributed by atoms with van der Waals surface area (Å²) in [5.74, 6) is 0. The Hall–Kier alpha value is -2.29. The Labute approximate surface area is 138 Å². The van der Waals surface area contributed by atoms with Crippen LogP contribution in [-0.2, 0) is 6.42 Å². The van der Waals surface area contributed by atoms with Crippen molar-refractivity contribution in [3.63, 3.8) is 0 Å². The van der Waals surface area contributed by atoms with Crippen molar-refractivity contribution in [3.8, 4) is 0 Å². The topological polar surface area (TPSA) is 32.3 Å². The monoisotopic (exact) mass is 308 g/mol. The van der Waals surface area contributed by atoms with Crippen molar-refractivity contribution in [2.75, 3.05) is 11.9 Å². The fourth-order valence-corrected chi connectivity index (χ4v) is 3.31. The molecule has 1 heterocycles. The molecule has 0 aliphatic carbocycles. The number of carbonyl (C=O) groups excluding carboxylic acids is 1. The fraction of sp³-hybridized carbons (Fsp3) is 0.350. The van der Waals surface area contributed by atoms with Gasteiger partial charge in [-0.2, -0.15) is 0 Å². The molecule has 0 saturated carbocycles. The van der Waals surface area contributed by atoms with Gasteiger partial charge in [-0.15, -0.1) is 0 Å². The summed E-state index contributed by atoms with van der Waals surface area (Å²) >= 11 is 0. The van der Waals surface area contributed by atoms with Crippen molar-refractivity contribution in [3.05, 3.63) is 65.2 Å². The number of likely N-dealkylation sites (tertiary alicyclic amines) is 1. The maximum absolute atomic E-state index is 12.7. The highest BCUT2D eigenvalue weighted by atomic mass is 16.2. The number of aryl methyl sites for hydroxylation is 2. The van der Waals surface area contributed by atoms with Crippen LogP contribution in [0.1, 0.15) is 42.5 Å². The van der Waals surface area contributed by atoms with Gasteiger partial charge in [-0.3, -0.25) is 0 Å². The minimum absolute atomic E-state index is 0.00000142. The van der Waals surface area contributed by atoms with E-state index in [1.165, 1.54) is 16.7 Å². The number of hydrogen-bond acceptors (Lipinski definition) is 1. The first-order valence-corrected chi connectivity index (χ1v) is 8.41. The summed E-state index contributed by atoms with van der Waals surface area (Å²) in [6.07, 6.45) is 3.10. The highest BCUT2D eigenvalue weighted by molar-refractivity contribution is 5.89. The molecule has 2 aromatic rings. The second-order valence-corrected chi connectivity index (χ2v) is 6.19. The predicted octanol–water partition coefficient (Wildman–Crippen LogP) is 4.93. The van der Waals surface area contributed by atoms with E-state index in [1.54, 1.807) is 0 Å². The standard InChI is InChI=1S/C20H24N2O/c1-3-16-10-12-17(13-11-16)21-20(23)22-14-6-9-19(22)18-8-5-4-7-15(18)2/h4-5,7-8,10-13,19H,3,6,9,14H2,1-2H3,(H,21,23). The lowest BCUT2D eigenvalue weighted by Gasteiger charge is -2.26. The molecule has 0 spiro atoms. The van der Waals surface area contributed by atoms with Crippen LogP contribution < -0.4 is 5.32 Å². The lowest BCUT2D eigenvalue weighted by molar-refractivity contribution is 0.207. The number of amides is 2. The number of nitrogens with zero attached hydrogens (tertiary/aromatic N) is 1. The molecule has 1 saturated heterocycles. The van der Waals surface area contributed by atoms with Crippen molar-refractivity contribution in [2.45, 2.75) is 39.2 Å². The zero-order valence-corrected chi connectivity index (χ0v) is 13.9. The van der Waals surface area contributed by atoms with E-state index in [-0.39, 0.29) is 12.1 Å². The third kappa shape index (κ3) is 3.39. The molecule has 23 heavy (non-hydrogen) atoms. The summed E-state index contributed by atoms with van der Waals surface area (Å²) in [5.41, 5.74) is 4.66. The van der Waals surface area contributed by atoms with Crippen LogP contribution in [0.15, 0.2) is 48.5 Å². The van der Waals surface area contributed by atoms with Crippen LogP contribution in [0.5, 0.6) is 0 Å². The first kappa shape index (κ1) is 15.6. The van der Waals surface area contributed by atoms with Gasteiger partial charge in [-0.25, -0.2) is 4.79 Å². The van der Waals surface area contributed by atoms with Gasteiger partial charge in [-0.1, -0.05) is 43.3 Å². The zero-order chi connectivity index (χ0) is 16.2. The van der Waals surface area contributed by atoms with E-state index >= 15 is 0 Å². The fourth-order valence-electron chi connectivity index (χ4n) is 3.31. The summed E-state index contributed by atoms with van der Waals surface area (Å²) in [4.78, 5) is 14.6. The second kappa shape index (κ2) is 6.86. The average molecular weight is 308 g/mol. The van der Waals surface area contributed by atoms with E-state index in [1.807, 2.05) is 23.1 Å². The molecule has 1 aliphatic heterocycles. The van der Waals surface area contributed by atoms with Gasteiger partial charge < -0.3 is 10.2 Å². The molecule has 1 N–H and O–H groups in total. The molecular formula is C20H24N2O. The molecule has 0 radical (unpaired) electrons. The van der Waals surface area contributed by atoms with E-state index in [4.69, 9.17) is 0 Å². The molecule has 120 valence electrons. The molecule has 0 aromatic heterocycles. The van der Waals surface area contributed by atoms with Gasteiger partial charge in [0.15, 0.2) is 0 Å². The first-order chi connectivity index (χ1) is 11.2. The number of urea groups is 1. The zero-order valence-electron chi connectivity index (χ0n) is 13.9. The molecule has 3 nitrogen and oxygen atoms in total. The quantitative estimate of drug-likeness (QED) is 0.857. The van der Waals surface area contributed by atoms with Crippen LogP contribution in [0, 0.1) is 6.92 Å². The van der Waals surface area contributed by atoms with Gasteiger partial charge in [0.25, 0.3) is 0 Å². The van der Waals surface area contributed by atoms with Crippen LogP contribution in [-0.4, -0.2) is 17.5 Å². The van der Waals surface area contributed by atoms with Gasteiger partial charge in [-0.05, 0) is 55.0 Å². The maximum atomic E-state index is 12.7. The summed E-state index contributed by atoms with van der Waals surface area (Å²) in [7, 11) is 0. The summed E-state index contributed by atoms with van der Waals surface area (Å²) in [6, 6.07) is 16.6. The molecule has 1 fully saturated rings. The smallest absolute Gasteiger partial charge is 0.317 e. The normalized spacial score (nSPS) is 17.3. The van der Waals surface area contributed by atoms with Gasteiger partial charge in [0.1, 0.15) is 0 Å². The van der Waals surface area contributed by atoms with Crippen molar-refractivity contribution in [1.29, 1.82) is 0 Å². The maximum Gasteiger partial charge on any atom is 0.322 e. The minimum Gasteiger partial charge on any atom is -0.317 e. The number of rotatable bonds is 3. The molecule has 1 aliphatic rings. The highest BCUT2D eigenvalue weighted by Crippen LogP contribution is 2.34. The Kier molecular flexibility index (Phi) is 4.65. The van der Waals surface area contributed by atoms with Crippen LogP contribution in [0.2, 0.25) is 0 Å². The molecule has 3 heteroatoms. The third-order valence-electron chi connectivity index (χ3n) is 4.67. The van der Waals surface area contributed by atoms with E-state index < -0.39 is 0 Å². The second-order valence-electron chi connectivity index (χ2n) is 6.19. The molecule has 3 rings (SSSR count). The van der Waals surface area contributed by atoms with Crippen molar-refractivity contribution >= 4 is 11.7 Å². The SMILES string of the molecule is CCc1ccc(NC(=O)N2CCCC2c2ccccc2C)cc1. The molecule has 1 atom stereocenters. The Morgan fingerprint density at radius 2 is 1.91 bits per heavy atom. The molecular weight excluding hydrogens is 284 g/mol. The average Bonchev–Trinajstić information content (AvgIpc) is 3.05. The Morgan fingerprint density at radius 1 is 1.17 bits per heavy atom. The van der Waals surface area contributed by atoms with Crippen molar-refractivity contribution in [1.82, 2.24) is 4.90 Å². The number of hydrogen-bond donors (Lipinski definition) is 1. The Balaban J connectivity index is 1.74. The largest absolute Gasteiger partial charge is 0.322 e. The number of anilines is 1. The van der Waals surface area contributed by atoms with E-state index in [9.17, 15) is 4.79 Å². The lowest BCUT2D eigenvalue weighted by atomic mass is 9.99. The number of benzene rings is 2. The van der Waals surface area contributed by atoms with Gasteiger partial charge in [0, 0.05) is 12.2 Å². The van der Waals surface area contributed by atoms with Gasteiger partial charge in [0.2, 0.25) is 0 Å². The summed E-state index contributed by atoms with van der Waals surface area (Å²) in [5, 5.41) is 3.04. The Morgan fingerprint density at radius 3 is 2.61 bits per heavy atom. The summed E-state index contributed by atoms with van der Waals surface area (Å²) in [6.45, 7) is 5.07. The van der Waals surface area contributed by atoms with Crippen molar-refractivity contribution < 1.29 is 4.79 Å². The molecule has 2 amide bonds. The predicted molar refractivity (Wildman–Crippen MR) is 94.7 cm³/mol. The minimum atomic E-state index is 0.00000142. The number of carbonyl (C=O) groups is 1. The van der Waals surface area contributed by atoms with Gasteiger partial charge in [0.05, 0.1) is 6.04 Å². The first-order valence-electron chi connectivity index (χ1n) is 8.41. The highest BCUT2D eigenvalue weighted by Gasteiger charge is 2.30. The van der Waals surface area contributed by atoms with Crippen LogP contribution in [0.3, 0.4) is 0 Å². The van der Waals surface area contributed by atoms with E-state index in [2.05, 4.69) is 49.5 Å². The van der Waals surface area contributed by atoms with Crippen molar-refractivity contribution in [2.24, 2.45) is 0 Å². The van der Waals surface area contributed by atoms with E-state index in [0.717, 1.165) is 31.5 Å².